The van der Waals surface area contributed by atoms with Gasteiger partial charge in [-0.2, -0.15) is 0 Å². The van der Waals surface area contributed by atoms with Crippen molar-refractivity contribution >= 4 is 11.5 Å². The van der Waals surface area contributed by atoms with Crippen LogP contribution in [0.15, 0.2) is 18.2 Å². The zero-order chi connectivity index (χ0) is 11.4. The summed E-state index contributed by atoms with van der Waals surface area (Å²) < 4.78 is 0. The Balaban J connectivity index is 2.96. The molecule has 0 aliphatic heterocycles. The number of carbonyl (C=O) groups excluding carboxylic acids is 1. The predicted octanol–water partition coefficient (Wildman–Crippen LogP) is 1.82. The Kier molecular flexibility index (Phi) is 3.38. The summed E-state index contributed by atoms with van der Waals surface area (Å²) >= 11 is 0. The SMILES string of the molecule is CC(=O)CCc1cc(O)ccc1[N+](=O)[O-]. The van der Waals surface area contributed by atoms with Crippen molar-refractivity contribution in [2.45, 2.75) is 19.8 Å². The first-order chi connectivity index (χ1) is 7.00. The molecule has 0 saturated heterocycles. The maximum atomic E-state index is 10.8. The number of ketones is 1. The van der Waals surface area contributed by atoms with Crippen molar-refractivity contribution in [1.29, 1.82) is 0 Å². The van der Waals surface area contributed by atoms with Crippen LogP contribution in [0.1, 0.15) is 18.9 Å². The number of phenolic OH excluding ortho intramolecular Hbond substituents is 1. The number of nitro groups is 1. The Morgan fingerprint density at radius 2 is 2.20 bits per heavy atom. The Bertz CT molecular complexity index is 400. The van der Waals surface area contributed by atoms with Gasteiger partial charge in [0.1, 0.15) is 11.5 Å². The molecule has 0 atom stereocenters. The summed E-state index contributed by atoms with van der Waals surface area (Å²) in [6.45, 7) is 1.43. The van der Waals surface area contributed by atoms with Crippen LogP contribution in [0.4, 0.5) is 5.69 Å². The molecule has 0 spiro atoms. The van der Waals surface area contributed by atoms with Gasteiger partial charge in [-0.3, -0.25) is 10.1 Å². The molecule has 80 valence electrons. The lowest BCUT2D eigenvalue weighted by molar-refractivity contribution is -0.385. The van der Waals surface area contributed by atoms with Gasteiger partial charge in [0.25, 0.3) is 5.69 Å². The number of aryl methyl sites for hydroxylation is 1. The average Bonchev–Trinajstić information content (AvgIpc) is 2.14. The number of carbonyl (C=O) groups is 1. The predicted molar refractivity (Wildman–Crippen MR) is 53.8 cm³/mol. The maximum absolute atomic E-state index is 10.8. The minimum Gasteiger partial charge on any atom is -0.508 e. The average molecular weight is 209 g/mol. The van der Waals surface area contributed by atoms with E-state index < -0.39 is 4.92 Å². The van der Waals surface area contributed by atoms with Crippen LogP contribution in [-0.4, -0.2) is 15.8 Å². The van der Waals surface area contributed by atoms with Crippen LogP contribution in [0.5, 0.6) is 5.75 Å². The van der Waals surface area contributed by atoms with Crippen molar-refractivity contribution in [3.63, 3.8) is 0 Å². The molecule has 0 aromatic heterocycles. The lowest BCUT2D eigenvalue weighted by Gasteiger charge is -2.02. The summed E-state index contributed by atoms with van der Waals surface area (Å²) in [5, 5.41) is 19.8. The van der Waals surface area contributed by atoms with Gasteiger partial charge in [0, 0.05) is 18.1 Å². The van der Waals surface area contributed by atoms with Crippen LogP contribution in [0.3, 0.4) is 0 Å². The zero-order valence-corrected chi connectivity index (χ0v) is 8.27. The number of hydrogen-bond donors (Lipinski definition) is 1. The standard InChI is InChI=1S/C10H11NO4/c1-7(12)2-3-8-6-9(13)4-5-10(8)11(14)15/h4-6,13H,2-3H2,1H3. The largest absolute Gasteiger partial charge is 0.508 e. The Morgan fingerprint density at radius 1 is 1.53 bits per heavy atom. The van der Waals surface area contributed by atoms with Gasteiger partial charge in [-0.25, -0.2) is 0 Å². The number of nitro benzene ring substituents is 1. The van der Waals surface area contributed by atoms with Crippen molar-refractivity contribution in [3.8, 4) is 5.75 Å². The fourth-order valence-corrected chi connectivity index (χ4v) is 1.26. The molecule has 0 bridgehead atoms. The van der Waals surface area contributed by atoms with Crippen molar-refractivity contribution in [2.24, 2.45) is 0 Å². The smallest absolute Gasteiger partial charge is 0.272 e. The third-order valence-electron chi connectivity index (χ3n) is 2.01. The molecule has 0 fully saturated rings. The second kappa shape index (κ2) is 4.54. The monoisotopic (exact) mass is 209 g/mol. The molecule has 1 rings (SSSR count). The van der Waals surface area contributed by atoms with Crippen LogP contribution in [0.25, 0.3) is 0 Å². The topological polar surface area (TPSA) is 80.4 Å². The number of hydrogen-bond acceptors (Lipinski definition) is 4. The number of phenols is 1. The Hall–Kier alpha value is -1.91. The van der Waals surface area contributed by atoms with Gasteiger partial charge in [0.05, 0.1) is 4.92 Å². The second-order valence-corrected chi connectivity index (χ2v) is 3.27. The highest BCUT2D eigenvalue weighted by molar-refractivity contribution is 5.75. The quantitative estimate of drug-likeness (QED) is 0.605. The number of nitrogens with zero attached hydrogens (tertiary/aromatic N) is 1. The van der Waals surface area contributed by atoms with E-state index in [1.807, 2.05) is 0 Å². The number of benzene rings is 1. The molecule has 0 heterocycles. The zero-order valence-electron chi connectivity index (χ0n) is 8.27. The fourth-order valence-electron chi connectivity index (χ4n) is 1.26. The van der Waals surface area contributed by atoms with E-state index in [0.717, 1.165) is 0 Å². The summed E-state index contributed by atoms with van der Waals surface area (Å²) in [5.74, 6) is -0.0632. The normalized spacial score (nSPS) is 9.93. The molecular weight excluding hydrogens is 198 g/mol. The van der Waals surface area contributed by atoms with Crippen molar-refractivity contribution < 1.29 is 14.8 Å². The minimum atomic E-state index is -0.519. The number of Topliss-reactive ketones (excluding diaryl/α,β-unsaturated/α-hetero) is 1. The van der Waals surface area contributed by atoms with Gasteiger partial charge >= 0.3 is 0 Å². The first-order valence-electron chi connectivity index (χ1n) is 4.46. The third-order valence-corrected chi connectivity index (χ3v) is 2.01. The van der Waals surface area contributed by atoms with E-state index in [-0.39, 0.29) is 30.1 Å². The molecule has 1 aromatic rings. The van der Waals surface area contributed by atoms with E-state index in [1.165, 1.54) is 25.1 Å². The van der Waals surface area contributed by atoms with Crippen LogP contribution in [0, 0.1) is 10.1 Å². The van der Waals surface area contributed by atoms with Gasteiger partial charge in [0.2, 0.25) is 0 Å². The van der Waals surface area contributed by atoms with E-state index >= 15 is 0 Å². The van der Waals surface area contributed by atoms with Gasteiger partial charge in [0.15, 0.2) is 0 Å². The summed E-state index contributed by atoms with van der Waals surface area (Å²) in [6.07, 6.45) is 0.518. The number of rotatable bonds is 4. The Morgan fingerprint density at radius 3 is 2.73 bits per heavy atom. The molecular formula is C10H11NO4. The highest BCUT2D eigenvalue weighted by Gasteiger charge is 2.14. The van der Waals surface area contributed by atoms with Crippen LogP contribution >= 0.6 is 0 Å². The molecule has 1 N–H and O–H groups in total. The van der Waals surface area contributed by atoms with E-state index in [4.69, 9.17) is 0 Å². The molecule has 1 aromatic carbocycles. The summed E-state index contributed by atoms with van der Waals surface area (Å²) in [5.41, 5.74) is 0.323. The first-order valence-corrected chi connectivity index (χ1v) is 4.46. The lowest BCUT2D eigenvalue weighted by Crippen LogP contribution is -1.98. The van der Waals surface area contributed by atoms with Crippen LogP contribution in [-0.2, 0) is 11.2 Å². The highest BCUT2D eigenvalue weighted by Crippen LogP contribution is 2.24. The van der Waals surface area contributed by atoms with E-state index in [0.29, 0.717) is 5.56 Å². The van der Waals surface area contributed by atoms with Crippen molar-refractivity contribution in [1.82, 2.24) is 0 Å². The number of aromatic hydroxyl groups is 1. The highest BCUT2D eigenvalue weighted by atomic mass is 16.6. The molecule has 0 saturated carbocycles. The minimum absolute atomic E-state index is 0.0286. The third kappa shape index (κ3) is 3.05. The maximum Gasteiger partial charge on any atom is 0.272 e. The van der Waals surface area contributed by atoms with Gasteiger partial charge < -0.3 is 9.90 Å². The van der Waals surface area contributed by atoms with Gasteiger partial charge in [-0.15, -0.1) is 0 Å². The molecule has 0 unspecified atom stereocenters. The van der Waals surface area contributed by atoms with E-state index in [2.05, 4.69) is 0 Å². The second-order valence-electron chi connectivity index (χ2n) is 3.27. The van der Waals surface area contributed by atoms with Crippen molar-refractivity contribution in [2.75, 3.05) is 0 Å². The molecule has 5 heteroatoms. The molecule has 5 nitrogen and oxygen atoms in total. The molecule has 0 aliphatic rings. The van der Waals surface area contributed by atoms with Gasteiger partial charge in [-0.05, 0) is 25.5 Å². The van der Waals surface area contributed by atoms with Gasteiger partial charge in [-0.1, -0.05) is 0 Å². The molecule has 0 aliphatic carbocycles. The van der Waals surface area contributed by atoms with E-state index in [9.17, 15) is 20.0 Å². The fraction of sp³-hybridized carbons (Fsp3) is 0.300. The molecule has 0 amide bonds. The summed E-state index contributed by atoms with van der Waals surface area (Å²) in [6, 6.07) is 3.82. The first kappa shape index (κ1) is 11.2. The van der Waals surface area contributed by atoms with Crippen LogP contribution < -0.4 is 0 Å². The van der Waals surface area contributed by atoms with E-state index in [1.54, 1.807) is 0 Å². The lowest BCUT2D eigenvalue weighted by atomic mass is 10.1. The summed E-state index contributed by atoms with van der Waals surface area (Å²) in [7, 11) is 0. The van der Waals surface area contributed by atoms with Crippen LogP contribution in [0.2, 0.25) is 0 Å². The molecule has 15 heavy (non-hydrogen) atoms. The molecule has 0 radical (unpaired) electrons. The van der Waals surface area contributed by atoms with Crippen molar-refractivity contribution in [3.05, 3.63) is 33.9 Å². The summed E-state index contributed by atoms with van der Waals surface area (Å²) in [4.78, 5) is 20.8. The Labute approximate surface area is 86.5 Å².